The molecule has 0 aliphatic carbocycles. The first-order valence-electron chi connectivity index (χ1n) is 9.88. The molecule has 0 saturated heterocycles. The zero-order chi connectivity index (χ0) is 23.5. The zero-order valence-corrected chi connectivity index (χ0v) is 22.2. The SMILES string of the molecule is COc1cc(/C=C2\N=C(c3ccc(I)c(C)c3)OC2=O)cc(Cl)c1OCc1ccc(Br)cc1. The molecule has 0 atom stereocenters. The summed E-state index contributed by atoms with van der Waals surface area (Å²) in [6.45, 7) is 2.33. The van der Waals surface area contributed by atoms with Crippen LogP contribution < -0.4 is 9.47 Å². The molecule has 5 nitrogen and oxygen atoms in total. The maximum atomic E-state index is 12.4. The Hall–Kier alpha value is -2.36. The lowest BCUT2D eigenvalue weighted by atomic mass is 10.1. The van der Waals surface area contributed by atoms with E-state index in [1.165, 1.54) is 7.11 Å². The number of aryl methyl sites for hydroxylation is 1. The minimum absolute atomic E-state index is 0.183. The second-order valence-electron chi connectivity index (χ2n) is 7.25. The third kappa shape index (κ3) is 5.59. The van der Waals surface area contributed by atoms with Gasteiger partial charge in [0.1, 0.15) is 6.61 Å². The number of nitrogens with zero attached hydrogens (tertiary/aromatic N) is 1. The summed E-state index contributed by atoms with van der Waals surface area (Å²) in [5.41, 5.74) is 3.65. The van der Waals surface area contributed by atoms with E-state index in [0.717, 1.165) is 24.7 Å². The summed E-state index contributed by atoms with van der Waals surface area (Å²) in [5, 5.41) is 0.363. The zero-order valence-electron chi connectivity index (χ0n) is 17.7. The van der Waals surface area contributed by atoms with Gasteiger partial charge < -0.3 is 14.2 Å². The summed E-state index contributed by atoms with van der Waals surface area (Å²) in [6, 6.07) is 17.0. The van der Waals surface area contributed by atoms with Crippen LogP contribution in [-0.2, 0) is 16.1 Å². The largest absolute Gasteiger partial charge is 0.493 e. The Balaban J connectivity index is 1.59. The maximum absolute atomic E-state index is 12.4. The molecule has 0 unspecified atom stereocenters. The summed E-state index contributed by atoms with van der Waals surface area (Å²) >= 11 is 12.2. The fourth-order valence-corrected chi connectivity index (χ4v) is 4.04. The summed E-state index contributed by atoms with van der Waals surface area (Å²) in [4.78, 5) is 16.8. The van der Waals surface area contributed by atoms with Gasteiger partial charge in [-0.2, -0.15) is 0 Å². The Morgan fingerprint density at radius 1 is 1.15 bits per heavy atom. The second kappa shape index (κ2) is 10.3. The van der Waals surface area contributed by atoms with Crippen LogP contribution in [-0.4, -0.2) is 19.0 Å². The topological polar surface area (TPSA) is 57.1 Å². The number of methoxy groups -OCH3 is 1. The molecule has 0 bridgehead atoms. The van der Waals surface area contributed by atoms with Gasteiger partial charge in [0.15, 0.2) is 17.2 Å². The minimum Gasteiger partial charge on any atom is -0.493 e. The van der Waals surface area contributed by atoms with Crippen molar-refractivity contribution in [1.29, 1.82) is 0 Å². The van der Waals surface area contributed by atoms with Gasteiger partial charge in [0, 0.05) is 13.6 Å². The normalized spacial score (nSPS) is 14.3. The predicted molar refractivity (Wildman–Crippen MR) is 141 cm³/mol. The highest BCUT2D eigenvalue weighted by atomic mass is 127. The van der Waals surface area contributed by atoms with Crippen LogP contribution >= 0.6 is 50.1 Å². The van der Waals surface area contributed by atoms with Crippen molar-refractivity contribution in [2.24, 2.45) is 4.99 Å². The van der Waals surface area contributed by atoms with Crippen LogP contribution in [0.5, 0.6) is 11.5 Å². The third-order valence-corrected chi connectivity index (χ3v) is 6.90. The average molecular weight is 639 g/mol. The van der Waals surface area contributed by atoms with Gasteiger partial charge in [-0.15, -0.1) is 0 Å². The highest BCUT2D eigenvalue weighted by molar-refractivity contribution is 14.1. The molecule has 0 amide bonds. The van der Waals surface area contributed by atoms with Crippen molar-refractivity contribution in [3.8, 4) is 11.5 Å². The molecule has 0 spiro atoms. The lowest BCUT2D eigenvalue weighted by Crippen LogP contribution is -2.05. The van der Waals surface area contributed by atoms with Crippen molar-refractivity contribution in [3.05, 3.63) is 95.6 Å². The number of esters is 1. The molecular weight excluding hydrogens is 621 g/mol. The van der Waals surface area contributed by atoms with Gasteiger partial charge in [0.05, 0.1) is 12.1 Å². The smallest absolute Gasteiger partial charge is 0.363 e. The van der Waals surface area contributed by atoms with E-state index in [9.17, 15) is 4.79 Å². The van der Waals surface area contributed by atoms with E-state index in [0.29, 0.717) is 28.7 Å². The highest BCUT2D eigenvalue weighted by Crippen LogP contribution is 2.38. The first-order chi connectivity index (χ1) is 15.8. The number of carbonyl (C=O) groups excluding carboxylic acids is 1. The number of halogens is 3. The average Bonchev–Trinajstić information content (AvgIpc) is 3.15. The van der Waals surface area contributed by atoms with Gasteiger partial charge >= 0.3 is 5.97 Å². The number of aliphatic imine (C=N–C) groups is 1. The van der Waals surface area contributed by atoms with Gasteiger partial charge in [0.2, 0.25) is 5.90 Å². The van der Waals surface area contributed by atoms with Crippen molar-refractivity contribution < 1.29 is 19.0 Å². The molecule has 33 heavy (non-hydrogen) atoms. The molecule has 168 valence electrons. The first kappa shape index (κ1) is 23.8. The van der Waals surface area contributed by atoms with Crippen LogP contribution in [0.4, 0.5) is 0 Å². The highest BCUT2D eigenvalue weighted by Gasteiger charge is 2.25. The Labute approximate surface area is 218 Å². The van der Waals surface area contributed by atoms with E-state index in [1.807, 2.05) is 49.4 Å². The molecule has 8 heteroatoms. The molecule has 1 heterocycles. The monoisotopic (exact) mass is 637 g/mol. The molecule has 1 aliphatic heterocycles. The van der Waals surface area contributed by atoms with Crippen LogP contribution in [0.25, 0.3) is 6.08 Å². The van der Waals surface area contributed by atoms with E-state index in [4.69, 9.17) is 25.8 Å². The molecule has 3 aromatic rings. The number of ether oxygens (including phenoxy) is 3. The van der Waals surface area contributed by atoms with Crippen LogP contribution in [0.2, 0.25) is 5.02 Å². The van der Waals surface area contributed by atoms with Crippen LogP contribution in [0.3, 0.4) is 0 Å². The van der Waals surface area contributed by atoms with E-state index in [-0.39, 0.29) is 11.6 Å². The number of cyclic esters (lactones) is 1. The number of benzene rings is 3. The summed E-state index contributed by atoms with van der Waals surface area (Å²) < 4.78 is 18.9. The van der Waals surface area contributed by atoms with E-state index >= 15 is 0 Å². The summed E-state index contributed by atoms with van der Waals surface area (Å²) in [5.74, 6) is 0.636. The van der Waals surface area contributed by atoms with Gasteiger partial charge in [-0.25, -0.2) is 9.79 Å². The number of carbonyl (C=O) groups is 1. The fourth-order valence-electron chi connectivity index (χ4n) is 3.17. The van der Waals surface area contributed by atoms with Crippen LogP contribution in [0, 0.1) is 10.5 Å². The van der Waals surface area contributed by atoms with E-state index in [2.05, 4.69) is 43.5 Å². The Morgan fingerprint density at radius 3 is 2.61 bits per heavy atom. The van der Waals surface area contributed by atoms with Crippen molar-refractivity contribution in [2.45, 2.75) is 13.5 Å². The Morgan fingerprint density at radius 2 is 1.91 bits per heavy atom. The molecule has 0 fully saturated rings. The first-order valence-corrected chi connectivity index (χ1v) is 12.1. The fraction of sp³-hybridized carbons (Fsp3) is 0.120. The Kier molecular flexibility index (Phi) is 7.41. The van der Waals surface area contributed by atoms with Gasteiger partial charge in [-0.1, -0.05) is 39.7 Å². The van der Waals surface area contributed by atoms with E-state index in [1.54, 1.807) is 18.2 Å². The van der Waals surface area contributed by atoms with Crippen molar-refractivity contribution in [1.82, 2.24) is 0 Å². The van der Waals surface area contributed by atoms with Gasteiger partial charge in [-0.3, -0.25) is 0 Å². The van der Waals surface area contributed by atoms with E-state index < -0.39 is 5.97 Å². The molecule has 0 saturated carbocycles. The van der Waals surface area contributed by atoms with Crippen molar-refractivity contribution in [3.63, 3.8) is 0 Å². The quantitative estimate of drug-likeness (QED) is 0.167. The van der Waals surface area contributed by atoms with Crippen molar-refractivity contribution in [2.75, 3.05) is 7.11 Å². The number of rotatable bonds is 6. The summed E-state index contributed by atoms with van der Waals surface area (Å²) in [7, 11) is 1.54. The number of hydrogen-bond donors (Lipinski definition) is 0. The van der Waals surface area contributed by atoms with Crippen LogP contribution in [0.1, 0.15) is 22.3 Å². The third-order valence-electron chi connectivity index (χ3n) is 4.88. The lowest BCUT2D eigenvalue weighted by Gasteiger charge is -2.13. The van der Waals surface area contributed by atoms with Crippen molar-refractivity contribution >= 4 is 68.1 Å². The van der Waals surface area contributed by atoms with Gasteiger partial charge in [0.25, 0.3) is 0 Å². The van der Waals surface area contributed by atoms with Gasteiger partial charge in [-0.05, 0) is 94.7 Å². The molecule has 0 radical (unpaired) electrons. The maximum Gasteiger partial charge on any atom is 0.363 e. The molecule has 1 aliphatic rings. The molecular formula is C25H18BrClINO4. The Bertz CT molecular complexity index is 1290. The molecule has 3 aromatic carbocycles. The minimum atomic E-state index is -0.521. The second-order valence-corrected chi connectivity index (χ2v) is 9.73. The lowest BCUT2D eigenvalue weighted by molar-refractivity contribution is -0.129. The summed E-state index contributed by atoms with van der Waals surface area (Å²) in [6.07, 6.45) is 1.61. The molecule has 0 N–H and O–H groups in total. The number of hydrogen-bond acceptors (Lipinski definition) is 5. The predicted octanol–water partition coefficient (Wildman–Crippen LogP) is 6.95. The molecule has 0 aromatic heterocycles. The molecule has 4 rings (SSSR count). The van der Waals surface area contributed by atoms with Crippen LogP contribution in [0.15, 0.2) is 69.8 Å². The standard InChI is InChI=1S/C25H18BrClINO4/c1-14-9-17(5-8-20(14)28)24-29-21(25(30)33-24)11-16-10-19(27)23(22(12-16)31-2)32-13-15-3-6-18(26)7-4-15/h3-12H,13H2,1-2H3/b21-11-.